The minimum Gasteiger partial charge on any atom is -0.379 e. The van der Waals surface area contributed by atoms with E-state index in [4.69, 9.17) is 5.11 Å². The van der Waals surface area contributed by atoms with Crippen LogP contribution in [0.15, 0.2) is 30.9 Å². The van der Waals surface area contributed by atoms with Gasteiger partial charge in [-0.2, -0.15) is 13.2 Å². The molecule has 0 aliphatic heterocycles. The molecule has 0 saturated heterocycles. The van der Waals surface area contributed by atoms with E-state index in [1.165, 1.54) is 18.5 Å². The SMILES string of the molecule is CCn1ccnc1Cn1ccc(C(O)C(F)(F)F)c1. The Kier molecular flexibility index (Phi) is 3.66. The van der Waals surface area contributed by atoms with Crippen LogP contribution in [0.25, 0.3) is 0 Å². The Labute approximate surface area is 108 Å². The summed E-state index contributed by atoms with van der Waals surface area (Å²) in [5, 5.41) is 9.14. The molecule has 2 aromatic rings. The highest BCUT2D eigenvalue weighted by molar-refractivity contribution is 5.16. The van der Waals surface area contributed by atoms with Crippen molar-refractivity contribution >= 4 is 0 Å². The van der Waals surface area contributed by atoms with Gasteiger partial charge in [-0.25, -0.2) is 4.98 Å². The van der Waals surface area contributed by atoms with E-state index < -0.39 is 12.3 Å². The number of nitrogens with zero attached hydrogens (tertiary/aromatic N) is 3. The van der Waals surface area contributed by atoms with Crippen LogP contribution in [0, 0.1) is 0 Å². The summed E-state index contributed by atoms with van der Waals surface area (Å²) in [6.07, 6.45) is -0.850. The van der Waals surface area contributed by atoms with Gasteiger partial charge in [-0.05, 0) is 13.0 Å². The van der Waals surface area contributed by atoms with Crippen molar-refractivity contribution in [2.45, 2.75) is 32.3 Å². The molecule has 0 radical (unpaired) electrons. The second kappa shape index (κ2) is 5.08. The van der Waals surface area contributed by atoms with Crippen molar-refractivity contribution in [3.8, 4) is 0 Å². The third-order valence-electron chi connectivity index (χ3n) is 2.87. The van der Waals surface area contributed by atoms with Gasteiger partial charge in [0.1, 0.15) is 5.82 Å². The number of aromatic nitrogens is 3. The second-order valence-corrected chi connectivity index (χ2v) is 4.19. The zero-order valence-electron chi connectivity index (χ0n) is 10.3. The molecule has 1 atom stereocenters. The topological polar surface area (TPSA) is 43.0 Å². The van der Waals surface area contributed by atoms with Crippen LogP contribution >= 0.6 is 0 Å². The summed E-state index contributed by atoms with van der Waals surface area (Å²) < 4.78 is 40.6. The highest BCUT2D eigenvalue weighted by atomic mass is 19.4. The number of imidazole rings is 1. The molecule has 7 heteroatoms. The van der Waals surface area contributed by atoms with Crippen molar-refractivity contribution in [3.05, 3.63) is 42.2 Å². The van der Waals surface area contributed by atoms with Crippen molar-refractivity contribution < 1.29 is 18.3 Å². The van der Waals surface area contributed by atoms with Crippen LogP contribution in [0.2, 0.25) is 0 Å². The van der Waals surface area contributed by atoms with Crippen LogP contribution in [0.1, 0.15) is 24.4 Å². The highest BCUT2D eigenvalue weighted by Crippen LogP contribution is 2.32. The molecule has 0 saturated carbocycles. The molecule has 104 valence electrons. The molecule has 0 aliphatic rings. The smallest absolute Gasteiger partial charge is 0.379 e. The van der Waals surface area contributed by atoms with Gasteiger partial charge in [0.25, 0.3) is 0 Å². The van der Waals surface area contributed by atoms with E-state index in [0.717, 1.165) is 12.4 Å². The van der Waals surface area contributed by atoms with E-state index in [2.05, 4.69) is 4.98 Å². The first-order valence-corrected chi connectivity index (χ1v) is 5.82. The Morgan fingerprint density at radius 2 is 2.11 bits per heavy atom. The quantitative estimate of drug-likeness (QED) is 0.929. The molecule has 0 fully saturated rings. The number of aryl methyl sites for hydroxylation is 1. The summed E-state index contributed by atoms with van der Waals surface area (Å²) in [6.45, 7) is 3.07. The fraction of sp³-hybridized carbons (Fsp3) is 0.417. The van der Waals surface area contributed by atoms with Gasteiger partial charge in [-0.3, -0.25) is 0 Å². The summed E-state index contributed by atoms with van der Waals surface area (Å²) in [6, 6.07) is 1.26. The summed E-state index contributed by atoms with van der Waals surface area (Å²) in [5.74, 6) is 0.756. The third-order valence-corrected chi connectivity index (χ3v) is 2.87. The summed E-state index contributed by atoms with van der Waals surface area (Å²) in [4.78, 5) is 4.14. The fourth-order valence-electron chi connectivity index (χ4n) is 1.85. The van der Waals surface area contributed by atoms with Crippen LogP contribution in [0.4, 0.5) is 13.2 Å². The maximum Gasteiger partial charge on any atom is 0.418 e. The monoisotopic (exact) mass is 273 g/mol. The number of hydrogen-bond acceptors (Lipinski definition) is 2. The highest BCUT2D eigenvalue weighted by Gasteiger charge is 2.39. The minimum atomic E-state index is -4.64. The van der Waals surface area contributed by atoms with Gasteiger partial charge in [-0.15, -0.1) is 0 Å². The Bertz CT molecular complexity index is 544. The summed E-state index contributed by atoms with van der Waals surface area (Å²) >= 11 is 0. The molecule has 4 nitrogen and oxygen atoms in total. The van der Waals surface area contributed by atoms with E-state index in [1.807, 2.05) is 17.7 Å². The van der Waals surface area contributed by atoms with Crippen molar-refractivity contribution in [1.29, 1.82) is 0 Å². The van der Waals surface area contributed by atoms with Crippen molar-refractivity contribution in [2.75, 3.05) is 0 Å². The van der Waals surface area contributed by atoms with Crippen molar-refractivity contribution in [2.24, 2.45) is 0 Å². The second-order valence-electron chi connectivity index (χ2n) is 4.19. The zero-order valence-corrected chi connectivity index (χ0v) is 10.3. The molecule has 0 amide bonds. The van der Waals surface area contributed by atoms with Crippen LogP contribution in [-0.2, 0) is 13.1 Å². The van der Waals surface area contributed by atoms with Gasteiger partial charge in [-0.1, -0.05) is 0 Å². The number of aliphatic hydroxyl groups excluding tert-OH is 1. The average Bonchev–Trinajstić information content (AvgIpc) is 2.96. The molecule has 2 heterocycles. The first-order chi connectivity index (χ1) is 8.91. The van der Waals surface area contributed by atoms with Crippen LogP contribution < -0.4 is 0 Å². The summed E-state index contributed by atoms with van der Waals surface area (Å²) in [5.41, 5.74) is -0.165. The Morgan fingerprint density at radius 3 is 2.74 bits per heavy atom. The van der Waals surface area contributed by atoms with Gasteiger partial charge >= 0.3 is 6.18 Å². The summed E-state index contributed by atoms with van der Waals surface area (Å²) in [7, 11) is 0. The number of rotatable bonds is 4. The predicted octanol–water partition coefficient (Wildman–Crippen LogP) is 2.35. The van der Waals surface area contributed by atoms with E-state index in [0.29, 0.717) is 6.54 Å². The number of hydrogen-bond donors (Lipinski definition) is 1. The molecule has 0 spiro atoms. The molecule has 1 unspecified atom stereocenters. The lowest BCUT2D eigenvalue weighted by Gasteiger charge is -2.12. The van der Waals surface area contributed by atoms with Crippen LogP contribution in [-0.4, -0.2) is 25.4 Å². The van der Waals surface area contributed by atoms with E-state index >= 15 is 0 Å². The molecule has 0 aromatic carbocycles. The molecule has 0 aliphatic carbocycles. The Morgan fingerprint density at radius 1 is 1.37 bits per heavy atom. The molecule has 0 bridgehead atoms. The van der Waals surface area contributed by atoms with Gasteiger partial charge < -0.3 is 14.2 Å². The molecule has 2 rings (SSSR count). The standard InChI is InChI=1S/C12H14F3N3O/c1-2-18-6-4-16-10(18)8-17-5-3-9(7-17)11(19)12(13,14)15/h3-7,11,19H,2,8H2,1H3. The zero-order chi connectivity index (χ0) is 14.0. The lowest BCUT2D eigenvalue weighted by Crippen LogP contribution is -2.19. The van der Waals surface area contributed by atoms with Gasteiger partial charge in [0.05, 0.1) is 6.54 Å². The lowest BCUT2D eigenvalue weighted by atomic mass is 10.2. The molecule has 19 heavy (non-hydrogen) atoms. The van der Waals surface area contributed by atoms with Crippen LogP contribution in [0.5, 0.6) is 0 Å². The number of alkyl halides is 3. The predicted molar refractivity (Wildman–Crippen MR) is 62.4 cm³/mol. The van der Waals surface area contributed by atoms with Crippen molar-refractivity contribution in [3.63, 3.8) is 0 Å². The molecule has 2 aromatic heterocycles. The molecule has 1 N–H and O–H groups in total. The largest absolute Gasteiger partial charge is 0.418 e. The number of halogens is 3. The first kappa shape index (κ1) is 13.7. The van der Waals surface area contributed by atoms with Gasteiger partial charge in [0, 0.05) is 36.9 Å². The Hall–Kier alpha value is -1.76. The van der Waals surface area contributed by atoms with E-state index in [-0.39, 0.29) is 5.56 Å². The maximum atomic E-state index is 12.4. The molecular formula is C12H14F3N3O. The normalized spacial score (nSPS) is 13.7. The average molecular weight is 273 g/mol. The van der Waals surface area contributed by atoms with Gasteiger partial charge in [0.15, 0.2) is 6.10 Å². The van der Waals surface area contributed by atoms with Crippen LogP contribution in [0.3, 0.4) is 0 Å². The van der Waals surface area contributed by atoms with Crippen molar-refractivity contribution in [1.82, 2.24) is 14.1 Å². The number of aliphatic hydroxyl groups is 1. The minimum absolute atomic E-state index is 0.165. The Balaban J connectivity index is 2.14. The van der Waals surface area contributed by atoms with E-state index in [1.54, 1.807) is 10.8 Å². The van der Waals surface area contributed by atoms with Gasteiger partial charge in [0.2, 0.25) is 0 Å². The molecular weight excluding hydrogens is 259 g/mol. The first-order valence-electron chi connectivity index (χ1n) is 5.82. The third kappa shape index (κ3) is 2.98. The van der Waals surface area contributed by atoms with E-state index in [9.17, 15) is 13.2 Å². The lowest BCUT2D eigenvalue weighted by molar-refractivity contribution is -0.206. The fourth-order valence-corrected chi connectivity index (χ4v) is 1.85. The maximum absolute atomic E-state index is 12.4.